The van der Waals surface area contributed by atoms with E-state index in [0.29, 0.717) is 33.9 Å². The van der Waals surface area contributed by atoms with Crippen LogP contribution in [0.25, 0.3) is 0 Å². The maximum atomic E-state index is 12.4. The summed E-state index contributed by atoms with van der Waals surface area (Å²) in [6.07, 6.45) is 1.38. The number of halogens is 1. The van der Waals surface area contributed by atoms with E-state index < -0.39 is 11.8 Å². The van der Waals surface area contributed by atoms with Crippen molar-refractivity contribution < 1.29 is 33.6 Å². The summed E-state index contributed by atoms with van der Waals surface area (Å²) >= 11 is 3.23. The molecule has 11 heteroatoms. The van der Waals surface area contributed by atoms with Crippen LogP contribution in [0.3, 0.4) is 0 Å². The number of hydrogen-bond donors (Lipinski definition) is 3. The summed E-state index contributed by atoms with van der Waals surface area (Å²) in [4.78, 5) is 24.4. The number of hydrazone groups is 1. The number of rotatable bonds is 10. The molecule has 0 spiro atoms. The van der Waals surface area contributed by atoms with Gasteiger partial charge in [-0.05, 0) is 52.7 Å². The Hall–Kier alpha value is -3.47. The van der Waals surface area contributed by atoms with Gasteiger partial charge in [-0.3, -0.25) is 9.59 Å². The number of benzene rings is 2. The summed E-state index contributed by atoms with van der Waals surface area (Å²) in [5.41, 5.74) is 3.13. The van der Waals surface area contributed by atoms with E-state index in [1.807, 2.05) is 0 Å². The molecule has 32 heavy (non-hydrogen) atoms. The van der Waals surface area contributed by atoms with Crippen molar-refractivity contribution in [3.63, 3.8) is 0 Å². The van der Waals surface area contributed by atoms with Crippen molar-refractivity contribution in [2.24, 2.45) is 5.10 Å². The Bertz CT molecular complexity index is 986. The van der Waals surface area contributed by atoms with Gasteiger partial charge in [0.05, 0.1) is 45.2 Å². The van der Waals surface area contributed by atoms with Crippen LogP contribution in [0.1, 0.15) is 22.8 Å². The van der Waals surface area contributed by atoms with Gasteiger partial charge in [0.2, 0.25) is 5.75 Å². The summed E-state index contributed by atoms with van der Waals surface area (Å²) < 4.78 is 21.4. The molecule has 0 saturated heterocycles. The topological polar surface area (TPSA) is 128 Å². The van der Waals surface area contributed by atoms with E-state index in [9.17, 15) is 14.7 Å². The highest BCUT2D eigenvalue weighted by Gasteiger charge is 2.17. The minimum Gasteiger partial charge on any atom is -0.503 e. The summed E-state index contributed by atoms with van der Waals surface area (Å²) in [6, 6.07) is 6.14. The Morgan fingerprint density at radius 2 is 1.72 bits per heavy atom. The van der Waals surface area contributed by atoms with Crippen LogP contribution in [0.15, 0.2) is 33.8 Å². The van der Waals surface area contributed by atoms with Crippen molar-refractivity contribution in [1.82, 2.24) is 10.7 Å². The first-order valence-corrected chi connectivity index (χ1v) is 10.2. The molecule has 2 rings (SSSR count). The lowest BCUT2D eigenvalue weighted by Gasteiger charge is -2.14. The van der Waals surface area contributed by atoms with Gasteiger partial charge in [0.25, 0.3) is 11.8 Å². The lowest BCUT2D eigenvalue weighted by Crippen LogP contribution is -2.34. The molecule has 2 amide bonds. The van der Waals surface area contributed by atoms with Crippen molar-refractivity contribution in [3.05, 3.63) is 39.9 Å². The van der Waals surface area contributed by atoms with Gasteiger partial charge < -0.3 is 29.4 Å². The Balaban J connectivity index is 1.98. The molecule has 0 atom stereocenters. The Morgan fingerprint density at radius 3 is 2.28 bits per heavy atom. The van der Waals surface area contributed by atoms with Gasteiger partial charge in [-0.2, -0.15) is 5.10 Å². The third kappa shape index (κ3) is 6.27. The molecule has 0 bridgehead atoms. The van der Waals surface area contributed by atoms with E-state index in [1.165, 1.54) is 39.7 Å². The van der Waals surface area contributed by atoms with Gasteiger partial charge in [-0.1, -0.05) is 0 Å². The number of carbonyl (C=O) groups is 2. The fourth-order valence-electron chi connectivity index (χ4n) is 2.63. The highest BCUT2D eigenvalue weighted by atomic mass is 79.9. The minimum absolute atomic E-state index is 0.0254. The van der Waals surface area contributed by atoms with Crippen LogP contribution in [0, 0.1) is 0 Å². The number of phenols is 1. The number of carbonyl (C=O) groups excluding carboxylic acids is 2. The normalized spacial score (nSPS) is 10.5. The molecule has 0 fully saturated rings. The van der Waals surface area contributed by atoms with E-state index in [4.69, 9.17) is 18.9 Å². The van der Waals surface area contributed by atoms with Crippen LogP contribution in [0.5, 0.6) is 28.7 Å². The maximum absolute atomic E-state index is 12.4. The van der Waals surface area contributed by atoms with Crippen LogP contribution in [-0.4, -0.2) is 57.6 Å². The van der Waals surface area contributed by atoms with Crippen molar-refractivity contribution in [3.8, 4) is 28.7 Å². The Morgan fingerprint density at radius 1 is 1.06 bits per heavy atom. The summed E-state index contributed by atoms with van der Waals surface area (Å²) in [6.45, 7) is 1.86. The van der Waals surface area contributed by atoms with Crippen LogP contribution < -0.4 is 29.7 Å². The number of aromatic hydroxyl groups is 1. The second kappa shape index (κ2) is 11.8. The standard InChI is InChI=1S/C21H24BrN3O7/c1-5-32-15-7-12(6-14(22)19(15)27)10-24-25-18(26)11-23-21(28)13-8-16(29-2)20(31-4)17(9-13)30-3/h6-10,27H,5,11H2,1-4H3,(H,23,28)(H,25,26)/b24-10-. The van der Waals surface area contributed by atoms with Gasteiger partial charge in [0, 0.05) is 5.56 Å². The maximum Gasteiger partial charge on any atom is 0.259 e. The molecule has 172 valence electrons. The second-order valence-electron chi connectivity index (χ2n) is 6.17. The van der Waals surface area contributed by atoms with Crippen molar-refractivity contribution in [2.75, 3.05) is 34.5 Å². The monoisotopic (exact) mass is 509 g/mol. The molecule has 2 aromatic rings. The summed E-state index contributed by atoms with van der Waals surface area (Å²) in [5, 5.41) is 16.3. The Kier molecular flexibility index (Phi) is 9.14. The molecule has 2 aromatic carbocycles. The van der Waals surface area contributed by atoms with Gasteiger partial charge in [0.15, 0.2) is 23.0 Å². The zero-order chi connectivity index (χ0) is 23.7. The fraction of sp³-hybridized carbons (Fsp3) is 0.286. The minimum atomic E-state index is -0.537. The molecule has 3 N–H and O–H groups in total. The van der Waals surface area contributed by atoms with Crippen molar-refractivity contribution in [1.29, 1.82) is 0 Å². The number of nitrogens with one attached hydrogen (secondary N) is 2. The molecule has 0 aliphatic rings. The first-order chi connectivity index (χ1) is 15.3. The van der Waals surface area contributed by atoms with E-state index in [-0.39, 0.29) is 23.6 Å². The summed E-state index contributed by atoms with van der Waals surface area (Å²) in [5.74, 6) is 0.203. The molecule has 0 aliphatic carbocycles. The van der Waals surface area contributed by atoms with Gasteiger partial charge in [-0.25, -0.2) is 5.43 Å². The lowest BCUT2D eigenvalue weighted by atomic mass is 10.1. The SMILES string of the molecule is CCOc1cc(/C=N\NC(=O)CNC(=O)c2cc(OC)c(OC)c(OC)c2)cc(Br)c1O. The third-order valence-corrected chi connectivity index (χ3v) is 4.69. The van der Waals surface area contributed by atoms with Crippen molar-refractivity contribution >= 4 is 34.0 Å². The molecule has 0 heterocycles. The van der Waals surface area contributed by atoms with Gasteiger partial charge >= 0.3 is 0 Å². The fourth-order valence-corrected chi connectivity index (χ4v) is 3.09. The molecule has 0 aromatic heterocycles. The number of ether oxygens (including phenoxy) is 4. The van der Waals surface area contributed by atoms with Gasteiger partial charge in [0.1, 0.15) is 0 Å². The van der Waals surface area contributed by atoms with Crippen LogP contribution in [0.4, 0.5) is 0 Å². The van der Waals surface area contributed by atoms with Crippen LogP contribution in [0.2, 0.25) is 0 Å². The predicted molar refractivity (Wildman–Crippen MR) is 121 cm³/mol. The number of nitrogens with zero attached hydrogens (tertiary/aromatic N) is 1. The second-order valence-corrected chi connectivity index (χ2v) is 7.03. The molecule has 10 nitrogen and oxygen atoms in total. The molecule has 0 saturated carbocycles. The number of methoxy groups -OCH3 is 3. The smallest absolute Gasteiger partial charge is 0.259 e. The molecule has 0 unspecified atom stereocenters. The third-order valence-electron chi connectivity index (χ3n) is 4.09. The van der Waals surface area contributed by atoms with E-state index >= 15 is 0 Å². The van der Waals surface area contributed by atoms with Gasteiger partial charge in [-0.15, -0.1) is 0 Å². The van der Waals surface area contributed by atoms with Crippen LogP contribution >= 0.6 is 15.9 Å². The highest BCUT2D eigenvalue weighted by molar-refractivity contribution is 9.10. The first-order valence-electron chi connectivity index (χ1n) is 9.39. The lowest BCUT2D eigenvalue weighted by molar-refractivity contribution is -0.120. The predicted octanol–water partition coefficient (Wildman–Crippen LogP) is 2.46. The number of amides is 2. The zero-order valence-electron chi connectivity index (χ0n) is 18.0. The average Bonchev–Trinajstić information content (AvgIpc) is 2.79. The molecule has 0 radical (unpaired) electrons. The van der Waals surface area contributed by atoms with E-state index in [1.54, 1.807) is 19.1 Å². The summed E-state index contributed by atoms with van der Waals surface area (Å²) in [7, 11) is 4.34. The van der Waals surface area contributed by atoms with E-state index in [0.717, 1.165) is 0 Å². The molecular weight excluding hydrogens is 486 g/mol. The first kappa shape index (κ1) is 24.8. The van der Waals surface area contributed by atoms with E-state index in [2.05, 4.69) is 31.8 Å². The number of hydrogen-bond acceptors (Lipinski definition) is 8. The Labute approximate surface area is 193 Å². The molecule has 0 aliphatic heterocycles. The van der Waals surface area contributed by atoms with Crippen LogP contribution in [-0.2, 0) is 4.79 Å². The highest BCUT2D eigenvalue weighted by Crippen LogP contribution is 2.38. The zero-order valence-corrected chi connectivity index (χ0v) is 19.6. The quantitative estimate of drug-likeness (QED) is 0.331. The molecular formula is C21H24BrN3O7. The van der Waals surface area contributed by atoms with Crippen molar-refractivity contribution in [2.45, 2.75) is 6.92 Å². The largest absolute Gasteiger partial charge is 0.503 e. The number of phenolic OH excluding ortho intramolecular Hbond substituents is 1. The average molecular weight is 510 g/mol.